The average molecular weight is 171 g/mol. The first-order valence-electron chi connectivity index (χ1n) is 2.94. The summed E-state index contributed by atoms with van der Waals surface area (Å²) in [7, 11) is 0. The van der Waals surface area contributed by atoms with Crippen LogP contribution < -0.4 is 4.72 Å². The summed E-state index contributed by atoms with van der Waals surface area (Å²) in [5.41, 5.74) is 0.390. The van der Waals surface area contributed by atoms with Crippen LogP contribution in [0.5, 0.6) is 0 Å². The minimum Gasteiger partial charge on any atom is -0.299 e. The molecule has 0 unspecified atom stereocenters. The van der Waals surface area contributed by atoms with E-state index in [4.69, 9.17) is 0 Å². The number of rotatable bonds is 1. The van der Waals surface area contributed by atoms with Gasteiger partial charge >= 0.3 is 0 Å². The molecular weight excluding hydrogens is 165 g/mol. The molecule has 4 heteroatoms. The van der Waals surface area contributed by atoms with Gasteiger partial charge in [-0.3, -0.25) is 9.52 Å². The van der Waals surface area contributed by atoms with E-state index in [9.17, 15) is 9.18 Å². The van der Waals surface area contributed by atoms with E-state index in [1.165, 1.54) is 24.3 Å². The van der Waals surface area contributed by atoms with Gasteiger partial charge in [0.15, 0.2) is 0 Å². The lowest BCUT2D eigenvalue weighted by atomic mass is 10.2. The largest absolute Gasteiger partial charge is 0.299 e. The van der Waals surface area contributed by atoms with Crippen LogP contribution in [-0.4, -0.2) is 5.91 Å². The second-order valence-corrected chi connectivity index (χ2v) is 2.17. The summed E-state index contributed by atoms with van der Waals surface area (Å²) in [5, 5.41) is 0. The normalized spacial score (nSPS) is 9.27. The van der Waals surface area contributed by atoms with E-state index in [0.29, 0.717) is 5.56 Å². The number of halogens is 1. The predicted octanol–water partition coefficient (Wildman–Crippen LogP) is 1.40. The van der Waals surface area contributed by atoms with Crippen LogP contribution in [0.4, 0.5) is 4.39 Å². The second-order valence-electron chi connectivity index (χ2n) is 1.95. The van der Waals surface area contributed by atoms with Crippen molar-refractivity contribution in [1.82, 2.24) is 4.72 Å². The van der Waals surface area contributed by atoms with Gasteiger partial charge in [-0.2, -0.15) is 0 Å². The Morgan fingerprint density at radius 1 is 1.36 bits per heavy atom. The minimum atomic E-state index is -0.360. The third-order valence-corrected chi connectivity index (χ3v) is 1.41. The lowest BCUT2D eigenvalue weighted by Crippen LogP contribution is -2.12. The first-order valence-corrected chi connectivity index (χ1v) is 3.39. The first kappa shape index (κ1) is 8.07. The maximum atomic E-state index is 12.3. The van der Waals surface area contributed by atoms with Crippen molar-refractivity contribution < 1.29 is 9.18 Å². The summed E-state index contributed by atoms with van der Waals surface area (Å²) in [6.45, 7) is 0. The van der Waals surface area contributed by atoms with Crippen LogP contribution in [0.3, 0.4) is 0 Å². The molecule has 0 saturated carbocycles. The van der Waals surface area contributed by atoms with E-state index in [2.05, 4.69) is 17.5 Å². The van der Waals surface area contributed by atoms with E-state index < -0.39 is 0 Å². The van der Waals surface area contributed by atoms with E-state index >= 15 is 0 Å². The van der Waals surface area contributed by atoms with Gasteiger partial charge in [0, 0.05) is 5.56 Å². The molecule has 0 aliphatic heterocycles. The van der Waals surface area contributed by atoms with Crippen LogP contribution in [0, 0.1) is 5.82 Å². The monoisotopic (exact) mass is 171 g/mol. The topological polar surface area (TPSA) is 29.1 Å². The van der Waals surface area contributed by atoms with Crippen LogP contribution in [0.15, 0.2) is 24.3 Å². The van der Waals surface area contributed by atoms with Crippen LogP contribution >= 0.6 is 12.8 Å². The van der Waals surface area contributed by atoms with Crippen molar-refractivity contribution in [3.05, 3.63) is 35.6 Å². The van der Waals surface area contributed by atoms with Crippen molar-refractivity contribution in [3.8, 4) is 0 Å². The van der Waals surface area contributed by atoms with Crippen LogP contribution in [0.25, 0.3) is 0 Å². The molecule has 1 aromatic rings. The molecule has 0 fully saturated rings. The number of thiol groups is 1. The number of benzene rings is 1. The van der Waals surface area contributed by atoms with Gasteiger partial charge in [-0.05, 0) is 24.3 Å². The molecule has 2 nitrogen and oxygen atoms in total. The highest BCUT2D eigenvalue weighted by molar-refractivity contribution is 7.78. The number of amides is 1. The Morgan fingerprint density at radius 2 is 1.91 bits per heavy atom. The quantitative estimate of drug-likeness (QED) is 0.614. The van der Waals surface area contributed by atoms with E-state index in [1.807, 2.05) is 0 Å². The smallest absolute Gasteiger partial charge is 0.260 e. The highest BCUT2D eigenvalue weighted by Crippen LogP contribution is 2.02. The molecule has 58 valence electrons. The van der Waals surface area contributed by atoms with Gasteiger partial charge in [0.05, 0.1) is 0 Å². The van der Waals surface area contributed by atoms with E-state index in [1.54, 1.807) is 0 Å². The Kier molecular flexibility index (Phi) is 2.48. The minimum absolute atomic E-state index is 0.340. The molecule has 0 atom stereocenters. The van der Waals surface area contributed by atoms with Gasteiger partial charge in [-0.25, -0.2) is 4.39 Å². The van der Waals surface area contributed by atoms with E-state index in [0.717, 1.165) is 0 Å². The van der Waals surface area contributed by atoms with Gasteiger partial charge < -0.3 is 0 Å². The van der Waals surface area contributed by atoms with Gasteiger partial charge in [-0.1, -0.05) is 12.8 Å². The third kappa shape index (κ3) is 1.94. The molecule has 0 aliphatic rings. The molecule has 0 aromatic heterocycles. The molecule has 1 aromatic carbocycles. The molecule has 0 radical (unpaired) electrons. The van der Waals surface area contributed by atoms with Crippen molar-refractivity contribution in [1.29, 1.82) is 0 Å². The fraction of sp³-hybridized carbons (Fsp3) is 0. The fourth-order valence-electron chi connectivity index (χ4n) is 0.666. The Morgan fingerprint density at radius 3 is 2.36 bits per heavy atom. The lowest BCUT2D eigenvalue weighted by Gasteiger charge is -1.96. The van der Waals surface area contributed by atoms with Gasteiger partial charge in [-0.15, -0.1) is 0 Å². The Labute approximate surface area is 69.0 Å². The SMILES string of the molecule is O=C(NS)c1ccc(F)cc1. The van der Waals surface area contributed by atoms with Crippen molar-refractivity contribution >= 4 is 18.7 Å². The Balaban J connectivity index is 2.90. The molecule has 0 aliphatic carbocycles. The molecule has 1 rings (SSSR count). The van der Waals surface area contributed by atoms with Gasteiger partial charge in [0.1, 0.15) is 5.82 Å². The molecule has 11 heavy (non-hydrogen) atoms. The summed E-state index contributed by atoms with van der Waals surface area (Å²) in [6.07, 6.45) is 0. The maximum Gasteiger partial charge on any atom is 0.260 e. The second kappa shape index (κ2) is 3.39. The number of carbonyl (C=O) groups excluding carboxylic acids is 1. The van der Waals surface area contributed by atoms with Crippen molar-refractivity contribution in [2.75, 3.05) is 0 Å². The Bertz CT molecular complexity index is 260. The van der Waals surface area contributed by atoms with Crippen LogP contribution in [0.1, 0.15) is 10.4 Å². The zero-order valence-electron chi connectivity index (χ0n) is 5.54. The predicted molar refractivity (Wildman–Crippen MR) is 42.9 cm³/mol. The Hall–Kier alpha value is -1.03. The molecular formula is C7H6FNOS. The summed E-state index contributed by atoms with van der Waals surface area (Å²) in [6, 6.07) is 5.22. The molecule has 1 N–H and O–H groups in total. The van der Waals surface area contributed by atoms with Crippen molar-refractivity contribution in [3.63, 3.8) is 0 Å². The van der Waals surface area contributed by atoms with Crippen LogP contribution in [0.2, 0.25) is 0 Å². The maximum absolute atomic E-state index is 12.3. The molecule has 0 saturated heterocycles. The molecule has 0 spiro atoms. The first-order chi connectivity index (χ1) is 5.24. The third-order valence-electron chi connectivity index (χ3n) is 1.21. The number of carbonyl (C=O) groups is 1. The molecule has 0 bridgehead atoms. The zero-order chi connectivity index (χ0) is 8.27. The molecule has 1 amide bonds. The summed E-state index contributed by atoms with van der Waals surface area (Å²) in [5.74, 6) is -0.700. The van der Waals surface area contributed by atoms with Gasteiger partial charge in [0.25, 0.3) is 5.91 Å². The van der Waals surface area contributed by atoms with Gasteiger partial charge in [0.2, 0.25) is 0 Å². The zero-order valence-corrected chi connectivity index (χ0v) is 6.44. The average Bonchev–Trinajstić information content (AvgIpc) is 2.05. The van der Waals surface area contributed by atoms with Crippen LogP contribution in [-0.2, 0) is 0 Å². The number of nitrogens with one attached hydrogen (secondary N) is 1. The number of hydrogen-bond donors (Lipinski definition) is 2. The standard InChI is InChI=1S/C7H6FNOS/c8-6-3-1-5(2-4-6)7(10)9-11/h1-4,11H,(H,9,10). The number of hydrogen-bond acceptors (Lipinski definition) is 2. The van der Waals surface area contributed by atoms with E-state index in [-0.39, 0.29) is 11.7 Å². The highest BCUT2D eigenvalue weighted by Gasteiger charge is 2.01. The highest BCUT2D eigenvalue weighted by atomic mass is 32.1. The summed E-state index contributed by atoms with van der Waals surface area (Å²) < 4.78 is 14.4. The molecule has 0 heterocycles. The summed E-state index contributed by atoms with van der Waals surface area (Å²) >= 11 is 3.56. The fourth-order valence-corrected chi connectivity index (χ4v) is 0.795. The summed E-state index contributed by atoms with van der Waals surface area (Å²) in [4.78, 5) is 10.8. The van der Waals surface area contributed by atoms with Crippen molar-refractivity contribution in [2.24, 2.45) is 0 Å². The van der Waals surface area contributed by atoms with Crippen molar-refractivity contribution in [2.45, 2.75) is 0 Å². The lowest BCUT2D eigenvalue weighted by molar-refractivity contribution is 0.0985.